The van der Waals surface area contributed by atoms with Gasteiger partial charge in [-0.05, 0) is 29.4 Å². The summed E-state index contributed by atoms with van der Waals surface area (Å²) < 4.78 is 0. The van der Waals surface area contributed by atoms with Crippen LogP contribution in [0.2, 0.25) is 0 Å². The fourth-order valence-corrected chi connectivity index (χ4v) is 2.98. The molecule has 3 N–H and O–H groups in total. The van der Waals surface area contributed by atoms with Crippen molar-refractivity contribution in [2.45, 2.75) is 57.3 Å². The summed E-state index contributed by atoms with van der Waals surface area (Å²) in [5.41, 5.74) is 8.45. The van der Waals surface area contributed by atoms with Crippen molar-refractivity contribution in [3.05, 3.63) is 35.4 Å². The summed E-state index contributed by atoms with van der Waals surface area (Å²) in [5.74, 6) is 0.0649. The summed E-state index contributed by atoms with van der Waals surface area (Å²) in [6.07, 6.45) is 3.97. The summed E-state index contributed by atoms with van der Waals surface area (Å²) in [6.45, 7) is 7.84. The number of benzene rings is 1. The summed E-state index contributed by atoms with van der Waals surface area (Å²) in [5, 5.41) is 3.05. The lowest BCUT2D eigenvalue weighted by Gasteiger charge is -2.43. The van der Waals surface area contributed by atoms with Crippen LogP contribution in [0.1, 0.15) is 57.6 Å². The SMILES string of the molecule is CC(C)(C)c1ccc(C2(CNC(=O)CCN)CCC2)cc1. The van der Waals surface area contributed by atoms with E-state index in [9.17, 15) is 4.79 Å². The molecule has 0 unspecified atom stereocenters. The lowest BCUT2D eigenvalue weighted by Crippen LogP contribution is -2.45. The molecule has 2 rings (SSSR count). The number of carbonyl (C=O) groups excluding carboxylic acids is 1. The fourth-order valence-electron chi connectivity index (χ4n) is 2.98. The molecule has 116 valence electrons. The lowest BCUT2D eigenvalue weighted by molar-refractivity contribution is -0.121. The van der Waals surface area contributed by atoms with Gasteiger partial charge >= 0.3 is 0 Å². The molecule has 0 aliphatic heterocycles. The molecule has 1 aliphatic carbocycles. The molecule has 1 aromatic rings. The maximum Gasteiger partial charge on any atom is 0.221 e. The molecule has 1 saturated carbocycles. The molecule has 0 atom stereocenters. The average molecular weight is 288 g/mol. The van der Waals surface area contributed by atoms with Crippen LogP contribution in [0.3, 0.4) is 0 Å². The maximum absolute atomic E-state index is 11.7. The van der Waals surface area contributed by atoms with Gasteiger partial charge in [0.15, 0.2) is 0 Å². The Balaban J connectivity index is 2.08. The van der Waals surface area contributed by atoms with Crippen LogP contribution in [0, 0.1) is 0 Å². The minimum atomic E-state index is 0.0649. The number of amides is 1. The van der Waals surface area contributed by atoms with Gasteiger partial charge in [0.25, 0.3) is 0 Å². The standard InChI is InChI=1S/C18H28N2O/c1-17(2,3)14-5-7-15(8-6-14)18(10-4-11-18)13-20-16(21)9-12-19/h5-8H,4,9-13,19H2,1-3H3,(H,20,21). The van der Waals surface area contributed by atoms with Gasteiger partial charge in [-0.2, -0.15) is 0 Å². The Morgan fingerprint density at radius 2 is 1.86 bits per heavy atom. The van der Waals surface area contributed by atoms with E-state index in [1.54, 1.807) is 0 Å². The molecule has 1 fully saturated rings. The Kier molecular flexibility index (Phi) is 4.72. The van der Waals surface area contributed by atoms with E-state index in [-0.39, 0.29) is 16.7 Å². The molecule has 3 heteroatoms. The number of carbonyl (C=O) groups is 1. The van der Waals surface area contributed by atoms with Crippen LogP contribution in [-0.2, 0) is 15.6 Å². The van der Waals surface area contributed by atoms with Crippen LogP contribution in [0.15, 0.2) is 24.3 Å². The van der Waals surface area contributed by atoms with Crippen LogP contribution in [-0.4, -0.2) is 19.0 Å². The molecular weight excluding hydrogens is 260 g/mol. The quantitative estimate of drug-likeness (QED) is 0.875. The van der Waals surface area contributed by atoms with E-state index >= 15 is 0 Å². The van der Waals surface area contributed by atoms with Gasteiger partial charge in [-0.1, -0.05) is 51.5 Å². The predicted octanol–water partition coefficient (Wildman–Crippen LogP) is 2.87. The lowest BCUT2D eigenvalue weighted by atomic mass is 9.64. The van der Waals surface area contributed by atoms with Crippen LogP contribution >= 0.6 is 0 Å². The van der Waals surface area contributed by atoms with E-state index in [1.807, 2.05) is 0 Å². The monoisotopic (exact) mass is 288 g/mol. The minimum absolute atomic E-state index is 0.0649. The van der Waals surface area contributed by atoms with Crippen molar-refractivity contribution in [3.8, 4) is 0 Å². The summed E-state index contributed by atoms with van der Waals surface area (Å²) in [7, 11) is 0. The van der Waals surface area contributed by atoms with Crippen molar-refractivity contribution in [1.82, 2.24) is 5.32 Å². The third-order valence-electron chi connectivity index (χ3n) is 4.67. The second kappa shape index (κ2) is 6.18. The molecular formula is C18H28N2O. The average Bonchev–Trinajstić information content (AvgIpc) is 2.37. The van der Waals surface area contributed by atoms with Crippen molar-refractivity contribution in [1.29, 1.82) is 0 Å². The first kappa shape index (κ1) is 16.0. The maximum atomic E-state index is 11.7. The third-order valence-corrected chi connectivity index (χ3v) is 4.67. The molecule has 1 aromatic carbocycles. The third kappa shape index (κ3) is 3.65. The Labute approximate surface area is 128 Å². The van der Waals surface area contributed by atoms with Gasteiger partial charge in [-0.25, -0.2) is 0 Å². The van der Waals surface area contributed by atoms with Crippen LogP contribution in [0.5, 0.6) is 0 Å². The molecule has 0 spiro atoms. The Bertz CT molecular complexity index is 481. The molecule has 21 heavy (non-hydrogen) atoms. The van der Waals surface area contributed by atoms with Gasteiger partial charge in [-0.3, -0.25) is 4.79 Å². The normalized spacial score (nSPS) is 17.1. The molecule has 0 radical (unpaired) electrons. The van der Waals surface area contributed by atoms with E-state index in [1.165, 1.54) is 17.5 Å². The van der Waals surface area contributed by atoms with E-state index in [0.29, 0.717) is 13.0 Å². The molecule has 3 nitrogen and oxygen atoms in total. The molecule has 0 heterocycles. The van der Waals surface area contributed by atoms with Gasteiger partial charge in [0.05, 0.1) is 0 Å². The fraction of sp³-hybridized carbons (Fsp3) is 0.611. The Morgan fingerprint density at radius 3 is 2.29 bits per heavy atom. The Morgan fingerprint density at radius 1 is 1.24 bits per heavy atom. The zero-order valence-electron chi connectivity index (χ0n) is 13.5. The van der Waals surface area contributed by atoms with E-state index in [4.69, 9.17) is 5.73 Å². The second-order valence-corrected chi connectivity index (χ2v) is 7.28. The Hall–Kier alpha value is -1.35. The van der Waals surface area contributed by atoms with Crippen molar-refractivity contribution in [3.63, 3.8) is 0 Å². The van der Waals surface area contributed by atoms with Gasteiger partial charge in [0.1, 0.15) is 0 Å². The highest BCUT2D eigenvalue weighted by Gasteiger charge is 2.38. The zero-order valence-corrected chi connectivity index (χ0v) is 13.5. The summed E-state index contributed by atoms with van der Waals surface area (Å²) >= 11 is 0. The van der Waals surface area contributed by atoms with Crippen molar-refractivity contribution in [2.75, 3.05) is 13.1 Å². The van der Waals surface area contributed by atoms with E-state index in [0.717, 1.165) is 19.4 Å². The topological polar surface area (TPSA) is 55.1 Å². The zero-order chi connectivity index (χ0) is 15.5. The van der Waals surface area contributed by atoms with Gasteiger partial charge in [0.2, 0.25) is 5.91 Å². The highest BCUT2D eigenvalue weighted by molar-refractivity contribution is 5.76. The van der Waals surface area contributed by atoms with Crippen LogP contribution in [0.4, 0.5) is 0 Å². The highest BCUT2D eigenvalue weighted by atomic mass is 16.1. The summed E-state index contributed by atoms with van der Waals surface area (Å²) in [6, 6.07) is 8.96. The summed E-state index contributed by atoms with van der Waals surface area (Å²) in [4.78, 5) is 11.7. The predicted molar refractivity (Wildman–Crippen MR) is 87.4 cm³/mol. The molecule has 0 aromatic heterocycles. The highest BCUT2D eigenvalue weighted by Crippen LogP contribution is 2.43. The largest absolute Gasteiger partial charge is 0.355 e. The van der Waals surface area contributed by atoms with E-state index in [2.05, 4.69) is 50.4 Å². The molecule has 1 amide bonds. The smallest absolute Gasteiger partial charge is 0.221 e. The van der Waals surface area contributed by atoms with Gasteiger partial charge in [-0.15, -0.1) is 0 Å². The number of nitrogens with one attached hydrogen (secondary N) is 1. The molecule has 1 aliphatic rings. The minimum Gasteiger partial charge on any atom is -0.355 e. The molecule has 0 saturated heterocycles. The van der Waals surface area contributed by atoms with Crippen molar-refractivity contribution < 1.29 is 4.79 Å². The van der Waals surface area contributed by atoms with Crippen molar-refractivity contribution >= 4 is 5.91 Å². The number of rotatable bonds is 5. The first-order valence-corrected chi connectivity index (χ1v) is 7.95. The second-order valence-electron chi connectivity index (χ2n) is 7.28. The number of hydrogen-bond acceptors (Lipinski definition) is 2. The molecule has 0 bridgehead atoms. The van der Waals surface area contributed by atoms with Crippen LogP contribution in [0.25, 0.3) is 0 Å². The van der Waals surface area contributed by atoms with Crippen LogP contribution < -0.4 is 11.1 Å². The van der Waals surface area contributed by atoms with E-state index < -0.39 is 0 Å². The first-order valence-electron chi connectivity index (χ1n) is 7.95. The van der Waals surface area contributed by atoms with Crippen molar-refractivity contribution in [2.24, 2.45) is 5.73 Å². The van der Waals surface area contributed by atoms with Gasteiger partial charge < -0.3 is 11.1 Å². The van der Waals surface area contributed by atoms with Gasteiger partial charge in [0, 0.05) is 24.9 Å². The number of nitrogens with two attached hydrogens (primary N) is 1. The number of hydrogen-bond donors (Lipinski definition) is 2. The first-order chi connectivity index (χ1) is 9.87.